The first kappa shape index (κ1) is 25.1. The molecule has 0 saturated carbocycles. The zero-order valence-electron chi connectivity index (χ0n) is 17.5. The topological polar surface area (TPSA) is 88.9 Å². The zero-order chi connectivity index (χ0) is 24.0. The molecule has 33 heavy (non-hydrogen) atoms. The summed E-state index contributed by atoms with van der Waals surface area (Å²) in [6, 6.07) is 11.1. The summed E-state index contributed by atoms with van der Waals surface area (Å²) in [5, 5.41) is 15.8. The van der Waals surface area contributed by atoms with E-state index in [0.29, 0.717) is 38.8 Å². The van der Waals surface area contributed by atoms with E-state index in [2.05, 4.69) is 27.4 Å². The van der Waals surface area contributed by atoms with Gasteiger partial charge in [0.15, 0.2) is 11.0 Å². The first-order chi connectivity index (χ1) is 15.8. The summed E-state index contributed by atoms with van der Waals surface area (Å²) >= 11 is 19.2. The van der Waals surface area contributed by atoms with Crippen LogP contribution in [0.5, 0.6) is 0 Å². The number of anilines is 1. The van der Waals surface area contributed by atoms with Gasteiger partial charge in [0.1, 0.15) is 0 Å². The number of nitrogens with one attached hydrogen (secondary N) is 2. The molecular weight excluding hydrogens is 505 g/mol. The van der Waals surface area contributed by atoms with Gasteiger partial charge in [0.05, 0.1) is 22.4 Å². The van der Waals surface area contributed by atoms with Crippen molar-refractivity contribution in [3.05, 3.63) is 81.6 Å². The number of aromatic nitrogens is 3. The number of carbonyl (C=O) groups is 2. The molecule has 0 aliphatic heterocycles. The van der Waals surface area contributed by atoms with Crippen LogP contribution in [0, 0.1) is 0 Å². The van der Waals surface area contributed by atoms with Gasteiger partial charge in [-0.25, -0.2) is 0 Å². The SMILES string of the molecule is C=CCn1c(SCC(=O)Nc2cccc(Cl)c2)nnc1[C@H](C)NC(=O)c1ccc(Cl)cc1Cl. The molecule has 1 heterocycles. The minimum atomic E-state index is -0.480. The Labute approximate surface area is 210 Å². The van der Waals surface area contributed by atoms with Gasteiger partial charge in [-0.2, -0.15) is 0 Å². The van der Waals surface area contributed by atoms with Crippen molar-refractivity contribution in [3.63, 3.8) is 0 Å². The van der Waals surface area contributed by atoms with Crippen LogP contribution in [-0.2, 0) is 11.3 Å². The molecule has 0 aliphatic rings. The number of thioether (sulfide) groups is 1. The van der Waals surface area contributed by atoms with E-state index < -0.39 is 6.04 Å². The maximum Gasteiger partial charge on any atom is 0.253 e. The van der Waals surface area contributed by atoms with E-state index in [1.54, 1.807) is 54.0 Å². The average Bonchev–Trinajstić information content (AvgIpc) is 3.15. The van der Waals surface area contributed by atoms with Crippen LogP contribution in [0.4, 0.5) is 5.69 Å². The lowest BCUT2D eigenvalue weighted by molar-refractivity contribution is -0.113. The molecule has 2 aromatic carbocycles. The van der Waals surface area contributed by atoms with Gasteiger partial charge in [0, 0.05) is 22.3 Å². The molecule has 1 aromatic heterocycles. The molecule has 0 bridgehead atoms. The van der Waals surface area contributed by atoms with Crippen LogP contribution in [0.15, 0.2) is 60.3 Å². The average molecular weight is 525 g/mol. The van der Waals surface area contributed by atoms with Crippen molar-refractivity contribution in [2.45, 2.75) is 24.7 Å². The van der Waals surface area contributed by atoms with Crippen molar-refractivity contribution < 1.29 is 9.59 Å². The Morgan fingerprint density at radius 2 is 1.91 bits per heavy atom. The molecule has 11 heteroatoms. The second-order valence-electron chi connectivity index (χ2n) is 6.91. The van der Waals surface area contributed by atoms with Gasteiger partial charge in [0.2, 0.25) is 5.91 Å². The summed E-state index contributed by atoms with van der Waals surface area (Å²) in [6.45, 7) is 5.96. The summed E-state index contributed by atoms with van der Waals surface area (Å²) in [6.07, 6.45) is 1.69. The molecule has 1 atom stereocenters. The third-order valence-electron chi connectivity index (χ3n) is 4.41. The fourth-order valence-corrected chi connectivity index (χ4v) is 4.37. The van der Waals surface area contributed by atoms with Gasteiger partial charge in [-0.05, 0) is 43.3 Å². The minimum absolute atomic E-state index is 0.114. The van der Waals surface area contributed by atoms with Gasteiger partial charge < -0.3 is 15.2 Å². The van der Waals surface area contributed by atoms with Crippen LogP contribution in [0.25, 0.3) is 0 Å². The van der Waals surface area contributed by atoms with Crippen LogP contribution in [0.1, 0.15) is 29.1 Å². The molecule has 3 aromatic rings. The quantitative estimate of drug-likeness (QED) is 0.279. The molecule has 7 nitrogen and oxygen atoms in total. The van der Waals surface area contributed by atoms with E-state index in [9.17, 15) is 9.59 Å². The summed E-state index contributed by atoms with van der Waals surface area (Å²) in [5.74, 6) is 0.0531. The lowest BCUT2D eigenvalue weighted by atomic mass is 10.2. The lowest BCUT2D eigenvalue weighted by Gasteiger charge is -2.16. The molecule has 0 radical (unpaired) electrons. The predicted octanol–water partition coefficient (Wildman–Crippen LogP) is 5.65. The number of hydrogen-bond donors (Lipinski definition) is 2. The summed E-state index contributed by atoms with van der Waals surface area (Å²) in [4.78, 5) is 25.0. The standard InChI is InChI=1S/C22H20Cl3N5O2S/c1-3-9-30-20(13(2)26-21(32)17-8-7-15(24)11-18(17)25)28-29-22(30)33-12-19(31)27-16-6-4-5-14(23)10-16/h3-8,10-11,13H,1,9,12H2,2H3,(H,26,32)(H,27,31)/t13-/m0/s1. The Morgan fingerprint density at radius 3 is 2.61 bits per heavy atom. The van der Waals surface area contributed by atoms with E-state index in [1.165, 1.54) is 17.8 Å². The van der Waals surface area contributed by atoms with Crippen molar-refractivity contribution in [1.29, 1.82) is 0 Å². The molecule has 0 saturated heterocycles. The zero-order valence-corrected chi connectivity index (χ0v) is 20.6. The smallest absolute Gasteiger partial charge is 0.253 e. The Hall–Kier alpha value is -2.52. The number of nitrogens with zero attached hydrogens (tertiary/aromatic N) is 3. The van der Waals surface area contributed by atoms with Crippen molar-refractivity contribution in [3.8, 4) is 0 Å². The first-order valence-electron chi connectivity index (χ1n) is 9.76. The largest absolute Gasteiger partial charge is 0.342 e. The van der Waals surface area contributed by atoms with Crippen LogP contribution in [-0.4, -0.2) is 32.3 Å². The highest BCUT2D eigenvalue weighted by Crippen LogP contribution is 2.24. The monoisotopic (exact) mass is 523 g/mol. The molecule has 0 unspecified atom stereocenters. The van der Waals surface area contributed by atoms with E-state index in [4.69, 9.17) is 34.8 Å². The molecular formula is C22H20Cl3N5O2S. The van der Waals surface area contributed by atoms with E-state index in [1.807, 2.05) is 0 Å². The Kier molecular flexibility index (Phi) is 8.80. The number of amides is 2. The number of benzene rings is 2. The molecule has 0 aliphatic carbocycles. The molecule has 3 rings (SSSR count). The molecule has 0 spiro atoms. The summed E-state index contributed by atoms with van der Waals surface area (Å²) in [5.41, 5.74) is 0.911. The highest BCUT2D eigenvalue weighted by Gasteiger charge is 2.21. The Bertz CT molecular complexity index is 1180. The van der Waals surface area contributed by atoms with Gasteiger partial charge in [-0.3, -0.25) is 9.59 Å². The van der Waals surface area contributed by atoms with Gasteiger partial charge in [-0.1, -0.05) is 58.7 Å². The third-order valence-corrected chi connectivity index (χ3v) is 6.16. The lowest BCUT2D eigenvalue weighted by Crippen LogP contribution is -2.29. The summed E-state index contributed by atoms with van der Waals surface area (Å²) in [7, 11) is 0. The minimum Gasteiger partial charge on any atom is -0.342 e. The second-order valence-corrected chi connectivity index (χ2v) is 9.13. The fraction of sp³-hybridized carbons (Fsp3) is 0.182. The molecule has 2 amide bonds. The predicted molar refractivity (Wildman–Crippen MR) is 133 cm³/mol. The van der Waals surface area contributed by atoms with Crippen LogP contribution >= 0.6 is 46.6 Å². The van der Waals surface area contributed by atoms with Gasteiger partial charge in [-0.15, -0.1) is 16.8 Å². The number of hydrogen-bond acceptors (Lipinski definition) is 5. The van der Waals surface area contributed by atoms with Gasteiger partial charge >= 0.3 is 0 Å². The number of rotatable bonds is 9. The molecule has 2 N–H and O–H groups in total. The Morgan fingerprint density at radius 1 is 1.15 bits per heavy atom. The van der Waals surface area contributed by atoms with E-state index in [-0.39, 0.29) is 22.6 Å². The fourth-order valence-electron chi connectivity index (χ4n) is 2.93. The number of allylic oxidation sites excluding steroid dienone is 1. The normalized spacial score (nSPS) is 11.6. The van der Waals surface area contributed by atoms with Crippen LogP contribution in [0.2, 0.25) is 15.1 Å². The van der Waals surface area contributed by atoms with Gasteiger partial charge in [0.25, 0.3) is 5.91 Å². The summed E-state index contributed by atoms with van der Waals surface area (Å²) < 4.78 is 1.79. The third kappa shape index (κ3) is 6.74. The van der Waals surface area contributed by atoms with E-state index in [0.717, 1.165) is 0 Å². The van der Waals surface area contributed by atoms with Crippen LogP contribution in [0.3, 0.4) is 0 Å². The second kappa shape index (κ2) is 11.6. The maximum absolute atomic E-state index is 12.7. The van der Waals surface area contributed by atoms with Crippen molar-refractivity contribution in [1.82, 2.24) is 20.1 Å². The van der Waals surface area contributed by atoms with Crippen molar-refractivity contribution >= 4 is 64.1 Å². The number of carbonyl (C=O) groups excluding carboxylic acids is 2. The molecule has 0 fully saturated rings. The van der Waals surface area contributed by atoms with Crippen molar-refractivity contribution in [2.75, 3.05) is 11.1 Å². The van der Waals surface area contributed by atoms with E-state index >= 15 is 0 Å². The van der Waals surface area contributed by atoms with Crippen LogP contribution < -0.4 is 10.6 Å². The maximum atomic E-state index is 12.7. The molecule has 172 valence electrons. The Balaban J connectivity index is 1.68. The first-order valence-corrected chi connectivity index (χ1v) is 11.9. The van der Waals surface area contributed by atoms with Crippen molar-refractivity contribution in [2.24, 2.45) is 0 Å². The highest BCUT2D eigenvalue weighted by molar-refractivity contribution is 7.99. The highest BCUT2D eigenvalue weighted by atomic mass is 35.5. The number of halogens is 3.